The first-order chi connectivity index (χ1) is 28.4. The summed E-state index contributed by atoms with van der Waals surface area (Å²) in [6.07, 6.45) is 6.79. The lowest BCUT2D eigenvalue weighted by atomic mass is 9.81. The second kappa shape index (κ2) is 20.5. The number of para-hydroxylation sites is 2. The molecular formula is C46H60N4O8S. The number of carbonyl (C=O) groups excluding carboxylic acids is 2. The zero-order valence-electron chi connectivity index (χ0n) is 36.3. The topological polar surface area (TPSA) is 152 Å². The van der Waals surface area contributed by atoms with E-state index < -0.39 is 15.7 Å². The van der Waals surface area contributed by atoms with E-state index in [2.05, 4.69) is 53.5 Å². The van der Waals surface area contributed by atoms with Gasteiger partial charge in [0.1, 0.15) is 28.5 Å². The van der Waals surface area contributed by atoms with Crippen LogP contribution in [-0.2, 0) is 39.3 Å². The molecule has 318 valence electrons. The number of phenolic OH excluding ortho intramolecular Hbond substituents is 1. The van der Waals surface area contributed by atoms with Crippen molar-refractivity contribution >= 4 is 22.0 Å². The highest BCUT2D eigenvalue weighted by molar-refractivity contribution is 7.85. The Morgan fingerprint density at radius 2 is 1.46 bits per heavy atom. The van der Waals surface area contributed by atoms with E-state index in [0.717, 1.165) is 48.5 Å². The number of aromatic nitrogens is 2. The Morgan fingerprint density at radius 1 is 0.864 bits per heavy atom. The molecule has 13 heteroatoms. The average Bonchev–Trinajstić information content (AvgIpc) is 3.81. The summed E-state index contributed by atoms with van der Waals surface area (Å²) in [6, 6.07) is 27.9. The number of ether oxygens (including phenoxy) is 2. The Kier molecular flexibility index (Phi) is 15.6. The van der Waals surface area contributed by atoms with Gasteiger partial charge in [0.05, 0.1) is 16.3 Å². The number of likely N-dealkylation sites (tertiary alicyclic amines) is 1. The van der Waals surface area contributed by atoms with Gasteiger partial charge in [0.15, 0.2) is 0 Å². The highest BCUT2D eigenvalue weighted by atomic mass is 32.2. The molecule has 0 bridgehead atoms. The molecule has 1 spiro atoms. The van der Waals surface area contributed by atoms with Crippen molar-refractivity contribution in [2.45, 2.75) is 83.3 Å². The number of piperidine rings is 2. The summed E-state index contributed by atoms with van der Waals surface area (Å²) >= 11 is 0. The van der Waals surface area contributed by atoms with Gasteiger partial charge in [0.2, 0.25) is 0 Å². The first-order valence-corrected chi connectivity index (χ1v) is 21.2. The molecule has 2 saturated heterocycles. The van der Waals surface area contributed by atoms with Crippen molar-refractivity contribution < 1.29 is 38.5 Å². The van der Waals surface area contributed by atoms with Gasteiger partial charge in [-0.05, 0) is 95.4 Å². The molecule has 0 unspecified atom stereocenters. The van der Waals surface area contributed by atoms with Gasteiger partial charge < -0.3 is 33.9 Å². The molecule has 8 rings (SSSR count). The SMILES string of the molecule is CC(C)(C)OC(=O)N1CCC(=O)CC1.Cc1ccc(S(=O)(=O)O)cc1.Cn1ccc2c1-c1ccccc1OC21CCNCC1.Cn1cccc1-c1ccccc1O.[2H]CC. The van der Waals surface area contributed by atoms with Crippen LogP contribution in [0.25, 0.3) is 22.5 Å². The van der Waals surface area contributed by atoms with Crippen LogP contribution < -0.4 is 10.1 Å². The van der Waals surface area contributed by atoms with Crippen LogP contribution in [0.5, 0.6) is 11.5 Å². The maximum Gasteiger partial charge on any atom is 0.410 e. The van der Waals surface area contributed by atoms with Gasteiger partial charge in [-0.25, -0.2) is 4.79 Å². The fourth-order valence-electron chi connectivity index (χ4n) is 6.86. The molecule has 0 saturated carbocycles. The van der Waals surface area contributed by atoms with Gasteiger partial charge in [-0.15, -0.1) is 0 Å². The zero-order chi connectivity index (χ0) is 44.1. The smallest absolute Gasteiger partial charge is 0.410 e. The Morgan fingerprint density at radius 3 is 2.02 bits per heavy atom. The molecule has 59 heavy (non-hydrogen) atoms. The molecule has 12 nitrogen and oxygen atoms in total. The number of nitrogens with one attached hydrogen (secondary N) is 1. The molecule has 0 aliphatic carbocycles. The molecule has 0 radical (unpaired) electrons. The van der Waals surface area contributed by atoms with E-state index >= 15 is 0 Å². The van der Waals surface area contributed by atoms with Crippen molar-refractivity contribution in [3.8, 4) is 34.0 Å². The van der Waals surface area contributed by atoms with Crippen molar-refractivity contribution in [2.24, 2.45) is 14.1 Å². The predicted molar refractivity (Wildman–Crippen MR) is 232 cm³/mol. The number of hydrogen-bond donors (Lipinski definition) is 3. The summed E-state index contributed by atoms with van der Waals surface area (Å²) in [5.74, 6) is 1.58. The van der Waals surface area contributed by atoms with Crippen LogP contribution in [0.3, 0.4) is 0 Å². The summed E-state index contributed by atoms with van der Waals surface area (Å²) in [7, 11) is 0.0613. The number of carbonyl (C=O) groups is 2. The molecule has 2 fully saturated rings. The van der Waals surface area contributed by atoms with Gasteiger partial charge in [0.25, 0.3) is 10.1 Å². The molecule has 3 N–H and O–H groups in total. The number of fused-ring (bicyclic) bond motifs is 4. The molecule has 0 atom stereocenters. The van der Waals surface area contributed by atoms with Gasteiger partial charge in [-0.1, -0.05) is 55.8 Å². The van der Waals surface area contributed by atoms with E-state index in [1.54, 1.807) is 30.0 Å². The number of ketones is 1. The van der Waals surface area contributed by atoms with Crippen molar-refractivity contribution in [1.82, 2.24) is 19.4 Å². The minimum atomic E-state index is -4.02. The van der Waals surface area contributed by atoms with Crippen LogP contribution in [0.15, 0.2) is 108 Å². The van der Waals surface area contributed by atoms with E-state index in [9.17, 15) is 23.1 Å². The van der Waals surface area contributed by atoms with Crippen LogP contribution in [0.4, 0.5) is 4.79 Å². The molecule has 5 aromatic rings. The number of amides is 1. The zero-order valence-corrected chi connectivity index (χ0v) is 36.1. The summed E-state index contributed by atoms with van der Waals surface area (Å²) in [6.45, 7) is 12.7. The van der Waals surface area contributed by atoms with E-state index in [1.807, 2.05) is 75.8 Å². The van der Waals surface area contributed by atoms with Crippen LogP contribution >= 0.6 is 0 Å². The minimum absolute atomic E-state index is 0.0666. The highest BCUT2D eigenvalue weighted by Gasteiger charge is 2.43. The van der Waals surface area contributed by atoms with Gasteiger partial charge in [-0.2, -0.15) is 8.42 Å². The second-order valence-electron chi connectivity index (χ2n) is 15.3. The third-order valence-corrected chi connectivity index (χ3v) is 10.7. The summed E-state index contributed by atoms with van der Waals surface area (Å²) in [4.78, 5) is 24.0. The number of aromatic hydroxyl groups is 1. The Balaban J connectivity index is 0.000000176. The molecule has 1 amide bonds. The number of rotatable bonds is 2. The molecule has 3 aliphatic heterocycles. The lowest BCUT2D eigenvalue weighted by Gasteiger charge is -2.42. The fourth-order valence-corrected chi connectivity index (χ4v) is 7.34. The molecule has 2 aromatic heterocycles. The summed E-state index contributed by atoms with van der Waals surface area (Å²) in [5, 5.41) is 13.0. The Labute approximate surface area is 350 Å². The van der Waals surface area contributed by atoms with Crippen molar-refractivity contribution in [2.75, 3.05) is 26.2 Å². The molecule has 5 heterocycles. The number of nitrogens with zero attached hydrogens (tertiary/aromatic N) is 3. The van der Waals surface area contributed by atoms with Gasteiger partial charge in [0, 0.05) is 83.3 Å². The average molecular weight is 830 g/mol. The molecule has 3 aliphatic rings. The maximum atomic E-state index is 11.5. The first kappa shape index (κ1) is 44.7. The standard InChI is InChI=1S/C16H18N2O.C11H11NO.C10H17NO3.C7H8O3S.C2H6/c1-18-11-6-13-15(18)12-4-2-3-5-14(12)19-16(13)7-9-17-10-8-16;1-12-8-4-6-10(12)9-5-2-3-7-11(9)13;1-10(2,3)14-9(13)11-6-4-8(12)5-7-11;1-6-2-4-7(5-3-6)11(8,9)10;1-2/h2-6,11,17H,7-10H2,1H3;2-8,13H,1H3;4-7H2,1-3H3;2-5H,1H3,(H,8,9,10);1-2H3/i;;;;1D. The predicted octanol–water partition coefficient (Wildman–Crippen LogP) is 8.92. The quantitative estimate of drug-likeness (QED) is 0.148. The van der Waals surface area contributed by atoms with Crippen molar-refractivity contribution in [1.29, 1.82) is 0 Å². The monoisotopic (exact) mass is 829 g/mol. The number of benzene rings is 3. The highest BCUT2D eigenvalue weighted by Crippen LogP contribution is 2.49. The van der Waals surface area contributed by atoms with Crippen molar-refractivity contribution in [3.63, 3.8) is 0 Å². The second-order valence-corrected chi connectivity index (χ2v) is 16.8. The fraction of sp³-hybridized carbons (Fsp3) is 0.391. The third-order valence-electron chi connectivity index (χ3n) is 9.84. The van der Waals surface area contributed by atoms with Crippen LogP contribution in [0.2, 0.25) is 0 Å². The first-order valence-electron chi connectivity index (χ1n) is 20.5. The summed E-state index contributed by atoms with van der Waals surface area (Å²) in [5.41, 5.74) is 6.16. The minimum Gasteiger partial charge on any atom is -0.507 e. The van der Waals surface area contributed by atoms with Gasteiger partial charge in [-0.3, -0.25) is 9.35 Å². The van der Waals surface area contributed by atoms with E-state index in [-0.39, 0.29) is 22.4 Å². The Hall–Kier alpha value is -5.37. The third kappa shape index (κ3) is 12.6. The molecule has 3 aromatic carbocycles. The van der Waals surface area contributed by atoms with Crippen LogP contribution in [0.1, 0.15) is 72.8 Å². The lowest BCUT2D eigenvalue weighted by molar-refractivity contribution is -0.121. The van der Waals surface area contributed by atoms with Gasteiger partial charge >= 0.3 is 6.09 Å². The number of Topliss-reactive ketones (excluding diaryl/α,β-unsaturated/α-hetero) is 1. The normalized spacial score (nSPS) is 15.4. The summed E-state index contributed by atoms with van der Waals surface area (Å²) < 4.78 is 51.6. The lowest BCUT2D eigenvalue weighted by Crippen LogP contribution is -2.45. The Bertz CT molecular complexity index is 2260. The van der Waals surface area contributed by atoms with E-state index in [4.69, 9.17) is 15.4 Å². The van der Waals surface area contributed by atoms with E-state index in [0.29, 0.717) is 38.6 Å². The number of aryl methyl sites for hydroxylation is 3. The maximum absolute atomic E-state index is 11.5. The van der Waals surface area contributed by atoms with E-state index in [1.165, 1.54) is 29.0 Å². The van der Waals surface area contributed by atoms with Crippen LogP contribution in [0, 0.1) is 6.92 Å². The van der Waals surface area contributed by atoms with Crippen LogP contribution in [-0.4, -0.2) is 75.8 Å². The van der Waals surface area contributed by atoms with Crippen molar-refractivity contribution in [3.05, 3.63) is 115 Å². The largest absolute Gasteiger partial charge is 0.507 e. The number of phenols is 1. The molecular weight excluding hydrogens is 769 g/mol. The number of hydrogen-bond acceptors (Lipinski definition) is 8.